The van der Waals surface area contributed by atoms with E-state index in [0.29, 0.717) is 0 Å². The molecule has 4 rings (SSSR count). The zero-order chi connectivity index (χ0) is 15.6. The van der Waals surface area contributed by atoms with Crippen molar-refractivity contribution >= 4 is 11.9 Å². The molecule has 0 bridgehead atoms. The summed E-state index contributed by atoms with van der Waals surface area (Å²) in [5.74, 6) is 0.858. The van der Waals surface area contributed by atoms with Crippen molar-refractivity contribution in [3.63, 3.8) is 0 Å². The van der Waals surface area contributed by atoms with Gasteiger partial charge in [-0.05, 0) is 59.0 Å². The number of hydrogen-bond acceptors (Lipinski definition) is 2. The van der Waals surface area contributed by atoms with Gasteiger partial charge in [-0.3, -0.25) is 4.99 Å². The molecule has 2 nitrogen and oxygen atoms in total. The predicted molar refractivity (Wildman–Crippen MR) is 94.9 cm³/mol. The zero-order valence-corrected chi connectivity index (χ0v) is 13.0. The Morgan fingerprint density at radius 3 is 2.48 bits per heavy atom. The maximum Gasteiger partial charge on any atom is 0.118 e. The van der Waals surface area contributed by atoms with Gasteiger partial charge in [0.25, 0.3) is 0 Å². The molecule has 0 radical (unpaired) electrons. The van der Waals surface area contributed by atoms with Crippen molar-refractivity contribution in [2.24, 2.45) is 4.99 Å². The van der Waals surface area contributed by atoms with Gasteiger partial charge in [0.15, 0.2) is 0 Å². The average Bonchev–Trinajstić information content (AvgIpc) is 2.99. The largest absolute Gasteiger partial charge is 0.497 e. The van der Waals surface area contributed by atoms with Crippen LogP contribution < -0.4 is 4.74 Å². The zero-order valence-electron chi connectivity index (χ0n) is 13.0. The molecule has 3 aromatic rings. The van der Waals surface area contributed by atoms with Crippen molar-refractivity contribution in [1.29, 1.82) is 0 Å². The van der Waals surface area contributed by atoms with E-state index in [9.17, 15) is 0 Å². The molecule has 0 heterocycles. The summed E-state index contributed by atoms with van der Waals surface area (Å²) in [4.78, 5) is 4.74. The molecule has 0 atom stereocenters. The lowest BCUT2D eigenvalue weighted by atomic mass is 10.0. The van der Waals surface area contributed by atoms with Crippen molar-refractivity contribution in [3.05, 3.63) is 83.4 Å². The second kappa shape index (κ2) is 5.73. The third-order valence-electron chi connectivity index (χ3n) is 4.26. The third kappa shape index (κ3) is 2.53. The minimum atomic E-state index is 0.858. The van der Waals surface area contributed by atoms with Crippen LogP contribution in [0.3, 0.4) is 0 Å². The normalized spacial score (nSPS) is 12.2. The van der Waals surface area contributed by atoms with Gasteiger partial charge >= 0.3 is 0 Å². The standard InChI is InChI=1S/C21H17NO/c1-23-18-11-9-15(10-12-18)14-22-20-8-4-6-17-13-16-5-2-3-7-19(16)21(17)20/h2-12,14H,13H2,1H3. The fraction of sp³-hybridized carbons (Fsp3) is 0.0952. The smallest absolute Gasteiger partial charge is 0.118 e. The van der Waals surface area contributed by atoms with Crippen molar-refractivity contribution in [3.8, 4) is 16.9 Å². The Kier molecular flexibility index (Phi) is 3.43. The Bertz CT molecular complexity index is 879. The van der Waals surface area contributed by atoms with Crippen LogP contribution in [0.25, 0.3) is 11.1 Å². The van der Waals surface area contributed by atoms with Gasteiger partial charge in [-0.25, -0.2) is 0 Å². The van der Waals surface area contributed by atoms with Gasteiger partial charge in [0.1, 0.15) is 5.75 Å². The first-order valence-corrected chi connectivity index (χ1v) is 7.73. The molecule has 0 saturated carbocycles. The highest BCUT2D eigenvalue weighted by molar-refractivity contribution is 5.89. The van der Waals surface area contributed by atoms with Gasteiger partial charge in [0, 0.05) is 11.8 Å². The summed E-state index contributed by atoms with van der Waals surface area (Å²) in [6.07, 6.45) is 2.91. The van der Waals surface area contributed by atoms with Crippen LogP contribution in [-0.2, 0) is 6.42 Å². The monoisotopic (exact) mass is 299 g/mol. The van der Waals surface area contributed by atoms with Crippen LogP contribution in [0, 0.1) is 0 Å². The Morgan fingerprint density at radius 2 is 1.65 bits per heavy atom. The van der Waals surface area contributed by atoms with E-state index in [1.54, 1.807) is 7.11 Å². The fourth-order valence-electron chi connectivity index (χ4n) is 3.11. The van der Waals surface area contributed by atoms with Gasteiger partial charge in [0.2, 0.25) is 0 Å². The molecule has 0 amide bonds. The topological polar surface area (TPSA) is 21.6 Å². The molecule has 112 valence electrons. The highest BCUT2D eigenvalue weighted by Gasteiger charge is 2.20. The first kappa shape index (κ1) is 13.8. The van der Waals surface area contributed by atoms with E-state index in [0.717, 1.165) is 23.4 Å². The molecule has 0 fully saturated rings. The van der Waals surface area contributed by atoms with E-state index >= 15 is 0 Å². The highest BCUT2D eigenvalue weighted by Crippen LogP contribution is 2.42. The van der Waals surface area contributed by atoms with Gasteiger partial charge in [-0.15, -0.1) is 0 Å². The van der Waals surface area contributed by atoms with Crippen molar-refractivity contribution < 1.29 is 4.74 Å². The second-order valence-corrected chi connectivity index (χ2v) is 5.68. The fourth-order valence-corrected chi connectivity index (χ4v) is 3.11. The number of rotatable bonds is 3. The number of ether oxygens (including phenoxy) is 1. The summed E-state index contributed by atoms with van der Waals surface area (Å²) in [5, 5.41) is 0. The number of hydrogen-bond donors (Lipinski definition) is 0. The van der Waals surface area contributed by atoms with Crippen LogP contribution >= 0.6 is 0 Å². The summed E-state index contributed by atoms with van der Waals surface area (Å²) in [5.41, 5.74) is 7.42. The van der Waals surface area contributed by atoms with Crippen LogP contribution in [0.2, 0.25) is 0 Å². The maximum atomic E-state index is 5.19. The predicted octanol–water partition coefficient (Wildman–Crippen LogP) is 5.02. The van der Waals surface area contributed by atoms with E-state index in [1.807, 2.05) is 30.5 Å². The van der Waals surface area contributed by atoms with E-state index in [1.165, 1.54) is 22.3 Å². The van der Waals surface area contributed by atoms with Crippen LogP contribution in [0.4, 0.5) is 5.69 Å². The van der Waals surface area contributed by atoms with E-state index in [-0.39, 0.29) is 0 Å². The summed E-state index contributed by atoms with van der Waals surface area (Å²) in [7, 11) is 1.67. The second-order valence-electron chi connectivity index (χ2n) is 5.68. The third-order valence-corrected chi connectivity index (χ3v) is 4.26. The highest BCUT2D eigenvalue weighted by atomic mass is 16.5. The number of nitrogens with zero attached hydrogens (tertiary/aromatic N) is 1. The van der Waals surface area contributed by atoms with Crippen LogP contribution in [-0.4, -0.2) is 13.3 Å². The molecule has 0 aromatic heterocycles. The molecule has 0 N–H and O–H groups in total. The molecule has 3 aromatic carbocycles. The number of fused-ring (bicyclic) bond motifs is 3. The SMILES string of the molecule is COc1ccc(C=Nc2cccc3c2-c2ccccc2C3)cc1. The molecular formula is C21H17NO. The van der Waals surface area contributed by atoms with Crippen molar-refractivity contribution in [2.45, 2.75) is 6.42 Å². The van der Waals surface area contributed by atoms with Gasteiger partial charge < -0.3 is 4.74 Å². The number of methoxy groups -OCH3 is 1. The molecule has 2 heteroatoms. The molecule has 1 aliphatic carbocycles. The lowest BCUT2D eigenvalue weighted by Gasteiger charge is -2.05. The van der Waals surface area contributed by atoms with Gasteiger partial charge in [0.05, 0.1) is 12.8 Å². The van der Waals surface area contributed by atoms with Crippen LogP contribution in [0.15, 0.2) is 71.7 Å². The lowest BCUT2D eigenvalue weighted by Crippen LogP contribution is -1.85. The van der Waals surface area contributed by atoms with Gasteiger partial charge in [-0.2, -0.15) is 0 Å². The number of aliphatic imine (C=N–C) groups is 1. The summed E-state index contributed by atoms with van der Waals surface area (Å²) < 4.78 is 5.19. The Morgan fingerprint density at radius 1 is 0.870 bits per heavy atom. The molecule has 0 saturated heterocycles. The first-order valence-electron chi connectivity index (χ1n) is 7.73. The maximum absolute atomic E-state index is 5.19. The van der Waals surface area contributed by atoms with Crippen molar-refractivity contribution in [2.75, 3.05) is 7.11 Å². The average molecular weight is 299 g/mol. The minimum absolute atomic E-state index is 0.858. The van der Waals surface area contributed by atoms with E-state index in [4.69, 9.17) is 9.73 Å². The first-order chi connectivity index (χ1) is 11.3. The molecule has 0 aliphatic heterocycles. The van der Waals surface area contributed by atoms with E-state index < -0.39 is 0 Å². The summed E-state index contributed by atoms with van der Waals surface area (Å²) in [6.45, 7) is 0. The molecule has 1 aliphatic rings. The number of benzene rings is 3. The Hall–Kier alpha value is -2.87. The van der Waals surface area contributed by atoms with Crippen LogP contribution in [0.1, 0.15) is 16.7 Å². The molecule has 23 heavy (non-hydrogen) atoms. The Balaban J connectivity index is 1.71. The minimum Gasteiger partial charge on any atom is -0.497 e. The molecule has 0 unspecified atom stereocenters. The van der Waals surface area contributed by atoms with Crippen molar-refractivity contribution in [1.82, 2.24) is 0 Å². The lowest BCUT2D eigenvalue weighted by molar-refractivity contribution is 0.415. The quantitative estimate of drug-likeness (QED) is 0.487. The molecular weight excluding hydrogens is 282 g/mol. The van der Waals surface area contributed by atoms with Gasteiger partial charge in [-0.1, -0.05) is 36.4 Å². The Labute approximate surface area is 136 Å². The van der Waals surface area contributed by atoms with Crippen LogP contribution in [0.5, 0.6) is 5.75 Å². The van der Waals surface area contributed by atoms with E-state index in [2.05, 4.69) is 42.5 Å². The summed E-state index contributed by atoms with van der Waals surface area (Å²) in [6, 6.07) is 22.9. The summed E-state index contributed by atoms with van der Waals surface area (Å²) >= 11 is 0. The molecule has 0 spiro atoms.